The van der Waals surface area contributed by atoms with Crippen molar-refractivity contribution in [3.05, 3.63) is 39.5 Å². The molecule has 126 valence electrons. The highest BCUT2D eigenvalue weighted by molar-refractivity contribution is 7.91. The molecule has 0 atom stereocenters. The zero-order valence-corrected chi connectivity index (χ0v) is 16.0. The summed E-state index contributed by atoms with van der Waals surface area (Å²) in [6.07, 6.45) is 2.11. The molecule has 0 N–H and O–H groups in total. The van der Waals surface area contributed by atoms with E-state index in [1.807, 2.05) is 6.07 Å². The van der Waals surface area contributed by atoms with Gasteiger partial charge in [0.05, 0.1) is 26.4 Å². The lowest BCUT2D eigenvalue weighted by molar-refractivity contribution is 0.600. The number of anilines is 1. The van der Waals surface area contributed by atoms with E-state index in [1.165, 1.54) is 29.5 Å². The molecule has 9 heteroatoms. The van der Waals surface area contributed by atoms with Gasteiger partial charge >= 0.3 is 0 Å². The lowest BCUT2D eigenvalue weighted by Crippen LogP contribution is -2.19. The van der Waals surface area contributed by atoms with Gasteiger partial charge in [-0.05, 0) is 30.3 Å². The minimum absolute atomic E-state index is 0.00872. The number of sulfone groups is 2. The molecular formula is C14H16ClNO4S3. The van der Waals surface area contributed by atoms with Gasteiger partial charge in [-0.1, -0.05) is 11.6 Å². The van der Waals surface area contributed by atoms with Gasteiger partial charge in [0.15, 0.2) is 19.7 Å². The molecule has 1 aromatic heterocycles. The number of benzene rings is 1. The summed E-state index contributed by atoms with van der Waals surface area (Å²) in [7, 11) is -5.31. The molecule has 0 aliphatic carbocycles. The molecule has 0 bridgehead atoms. The average Bonchev–Trinajstić information content (AvgIpc) is 2.81. The first-order chi connectivity index (χ1) is 10.5. The van der Waals surface area contributed by atoms with E-state index in [4.69, 9.17) is 11.6 Å². The van der Waals surface area contributed by atoms with Crippen molar-refractivity contribution < 1.29 is 16.8 Å². The fraction of sp³-hybridized carbons (Fsp3) is 0.286. The fourth-order valence-corrected chi connectivity index (χ4v) is 4.90. The third-order valence-corrected chi connectivity index (χ3v) is 6.64. The van der Waals surface area contributed by atoms with Crippen LogP contribution in [0.25, 0.3) is 0 Å². The van der Waals surface area contributed by atoms with Crippen LogP contribution in [0.1, 0.15) is 4.88 Å². The molecule has 0 spiro atoms. The Hall–Kier alpha value is -1.09. The zero-order valence-electron chi connectivity index (χ0n) is 12.8. The molecule has 1 aromatic carbocycles. The molecule has 5 nitrogen and oxygen atoms in total. The van der Waals surface area contributed by atoms with Gasteiger partial charge < -0.3 is 4.90 Å². The van der Waals surface area contributed by atoms with Crippen LogP contribution in [0.3, 0.4) is 0 Å². The summed E-state index contributed by atoms with van der Waals surface area (Å²) in [6.45, 7) is 0.470. The van der Waals surface area contributed by atoms with E-state index in [1.54, 1.807) is 18.0 Å². The maximum atomic E-state index is 12.1. The Morgan fingerprint density at radius 1 is 1.04 bits per heavy atom. The lowest BCUT2D eigenvalue weighted by Gasteiger charge is -2.21. The Morgan fingerprint density at radius 3 is 2.17 bits per heavy atom. The number of hydrogen-bond donors (Lipinski definition) is 0. The summed E-state index contributed by atoms with van der Waals surface area (Å²) in [5.41, 5.74) is 0.449. The second kappa shape index (κ2) is 6.43. The van der Waals surface area contributed by atoms with Gasteiger partial charge in [-0.3, -0.25) is 0 Å². The van der Waals surface area contributed by atoms with E-state index in [-0.39, 0.29) is 9.79 Å². The van der Waals surface area contributed by atoms with Gasteiger partial charge in [-0.15, -0.1) is 11.3 Å². The molecule has 0 saturated heterocycles. The van der Waals surface area contributed by atoms with E-state index >= 15 is 0 Å². The van der Waals surface area contributed by atoms with E-state index < -0.39 is 19.7 Å². The zero-order chi connectivity index (χ0) is 17.4. The van der Waals surface area contributed by atoms with Crippen LogP contribution in [0, 0.1) is 0 Å². The molecule has 2 rings (SSSR count). The van der Waals surface area contributed by atoms with Crippen molar-refractivity contribution in [2.24, 2.45) is 0 Å². The van der Waals surface area contributed by atoms with Gasteiger partial charge in [-0.25, -0.2) is 16.8 Å². The van der Waals surface area contributed by atoms with Crippen molar-refractivity contribution in [3.63, 3.8) is 0 Å². The SMILES string of the molecule is CN(Cc1ccc(Cl)s1)c1ccc(S(C)(=O)=O)cc1S(C)(=O)=O. The summed E-state index contributed by atoms with van der Waals surface area (Å²) in [5.74, 6) is 0. The predicted octanol–water partition coefficient (Wildman–Crippen LogP) is 2.84. The Bertz CT molecular complexity index is 933. The molecule has 0 fully saturated rings. The van der Waals surface area contributed by atoms with Crippen LogP contribution >= 0.6 is 22.9 Å². The number of halogens is 1. The molecule has 0 radical (unpaired) electrons. The maximum absolute atomic E-state index is 12.1. The van der Waals surface area contributed by atoms with E-state index in [9.17, 15) is 16.8 Å². The third kappa shape index (κ3) is 4.47. The molecule has 2 aromatic rings. The molecule has 0 aliphatic rings. The Morgan fingerprint density at radius 2 is 1.70 bits per heavy atom. The number of rotatable bonds is 5. The maximum Gasteiger partial charge on any atom is 0.177 e. The van der Waals surface area contributed by atoms with Crippen molar-refractivity contribution in [2.75, 3.05) is 24.5 Å². The predicted molar refractivity (Wildman–Crippen MR) is 94.1 cm³/mol. The van der Waals surface area contributed by atoms with Crippen LogP contribution < -0.4 is 4.90 Å². The minimum atomic E-state index is -3.58. The van der Waals surface area contributed by atoms with Crippen molar-refractivity contribution in [1.29, 1.82) is 0 Å². The quantitative estimate of drug-likeness (QED) is 0.781. The third-order valence-electron chi connectivity index (χ3n) is 3.19. The second-order valence-corrected chi connectivity index (χ2v) is 11.0. The molecular weight excluding hydrogens is 378 g/mol. The van der Waals surface area contributed by atoms with Crippen molar-refractivity contribution in [3.8, 4) is 0 Å². The molecule has 0 saturated carbocycles. The van der Waals surface area contributed by atoms with Crippen LogP contribution in [0.15, 0.2) is 40.1 Å². The summed E-state index contributed by atoms with van der Waals surface area (Å²) < 4.78 is 48.1. The molecule has 0 amide bonds. The van der Waals surface area contributed by atoms with Gasteiger partial charge in [0.25, 0.3) is 0 Å². The number of hydrogen-bond acceptors (Lipinski definition) is 6. The molecule has 23 heavy (non-hydrogen) atoms. The van der Waals surface area contributed by atoms with Crippen molar-refractivity contribution >= 4 is 48.3 Å². The Balaban J connectivity index is 2.49. The normalized spacial score (nSPS) is 12.3. The highest BCUT2D eigenvalue weighted by atomic mass is 35.5. The summed E-state index contributed by atoms with van der Waals surface area (Å²) in [5, 5.41) is 0. The lowest BCUT2D eigenvalue weighted by atomic mass is 10.3. The van der Waals surface area contributed by atoms with E-state index in [0.717, 1.165) is 17.4 Å². The van der Waals surface area contributed by atoms with Crippen molar-refractivity contribution in [1.82, 2.24) is 0 Å². The van der Waals surface area contributed by atoms with Crippen LogP contribution in [0.2, 0.25) is 4.34 Å². The van der Waals surface area contributed by atoms with Crippen molar-refractivity contribution in [2.45, 2.75) is 16.3 Å². The van der Waals surface area contributed by atoms with E-state index in [0.29, 0.717) is 16.6 Å². The van der Waals surface area contributed by atoms with Gasteiger partial charge in [-0.2, -0.15) is 0 Å². The summed E-state index contributed by atoms with van der Waals surface area (Å²) >= 11 is 7.31. The van der Waals surface area contributed by atoms with Crippen LogP contribution in [0.5, 0.6) is 0 Å². The summed E-state index contributed by atoms with van der Waals surface area (Å²) in [4.78, 5) is 2.70. The molecule has 1 heterocycles. The fourth-order valence-electron chi connectivity index (χ4n) is 2.09. The highest BCUT2D eigenvalue weighted by Gasteiger charge is 2.20. The van der Waals surface area contributed by atoms with E-state index in [2.05, 4.69) is 0 Å². The first kappa shape index (κ1) is 18.3. The molecule has 0 unspecified atom stereocenters. The largest absolute Gasteiger partial charge is 0.368 e. The highest BCUT2D eigenvalue weighted by Crippen LogP contribution is 2.30. The second-order valence-electron chi connectivity index (χ2n) is 5.24. The van der Waals surface area contributed by atoms with Crippen LogP contribution in [0.4, 0.5) is 5.69 Å². The topological polar surface area (TPSA) is 71.5 Å². The monoisotopic (exact) mass is 393 g/mol. The first-order valence-electron chi connectivity index (χ1n) is 6.48. The minimum Gasteiger partial charge on any atom is -0.368 e. The number of nitrogens with zero attached hydrogens (tertiary/aromatic N) is 1. The number of thiophene rings is 1. The smallest absolute Gasteiger partial charge is 0.177 e. The molecule has 0 aliphatic heterocycles. The van der Waals surface area contributed by atoms with Gasteiger partial charge in [0, 0.05) is 24.4 Å². The standard InChI is InChI=1S/C14H16ClNO4S3/c1-16(9-10-4-7-14(15)21-10)12-6-5-11(22(2,17)18)8-13(12)23(3,19)20/h4-8H,9H2,1-3H3. The van der Waals surface area contributed by atoms with Crippen LogP contribution in [-0.4, -0.2) is 36.4 Å². The average molecular weight is 394 g/mol. The summed E-state index contributed by atoms with van der Waals surface area (Å²) in [6, 6.07) is 7.78. The Kier molecular flexibility index (Phi) is 5.10. The van der Waals surface area contributed by atoms with Crippen LogP contribution in [-0.2, 0) is 26.2 Å². The van der Waals surface area contributed by atoms with Gasteiger partial charge in [0.2, 0.25) is 0 Å². The van der Waals surface area contributed by atoms with Gasteiger partial charge in [0.1, 0.15) is 0 Å². The first-order valence-corrected chi connectivity index (χ1v) is 11.5. The Labute approximate surface area is 145 Å².